The van der Waals surface area contributed by atoms with E-state index in [1.54, 1.807) is 12.3 Å². The summed E-state index contributed by atoms with van der Waals surface area (Å²) in [6.07, 6.45) is 6.56. The predicted octanol–water partition coefficient (Wildman–Crippen LogP) is 4.96. The van der Waals surface area contributed by atoms with E-state index < -0.39 is 0 Å². The molecule has 0 aliphatic rings. The number of aromatic nitrogens is 2. The third-order valence-corrected chi connectivity index (χ3v) is 3.80. The molecule has 7 heteroatoms. The summed E-state index contributed by atoms with van der Waals surface area (Å²) < 4.78 is 2.86. The van der Waals surface area contributed by atoms with E-state index in [1.807, 2.05) is 26.1 Å². The zero-order valence-corrected chi connectivity index (χ0v) is 15.7. The smallest absolute Gasteiger partial charge is 0.184 e. The van der Waals surface area contributed by atoms with E-state index in [1.165, 1.54) is 18.0 Å². The summed E-state index contributed by atoms with van der Waals surface area (Å²) >= 11 is 16.2. The first-order valence-electron chi connectivity index (χ1n) is 5.45. The van der Waals surface area contributed by atoms with Crippen molar-refractivity contribution in [3.63, 3.8) is 0 Å². The highest BCUT2D eigenvalue weighted by molar-refractivity contribution is 9.10. The maximum absolute atomic E-state index is 10.5. The third-order valence-electron chi connectivity index (χ3n) is 2.02. The first-order valence-corrected chi connectivity index (χ1v) is 8.10. The van der Waals surface area contributed by atoms with E-state index in [2.05, 4.69) is 36.8 Å². The van der Waals surface area contributed by atoms with Gasteiger partial charge in [-0.3, -0.25) is 4.98 Å². The van der Waals surface area contributed by atoms with Gasteiger partial charge in [-0.15, -0.1) is 23.2 Å². The van der Waals surface area contributed by atoms with Crippen LogP contribution < -0.4 is 4.73 Å². The molecule has 2 aromatic heterocycles. The van der Waals surface area contributed by atoms with E-state index >= 15 is 0 Å². The average Bonchev–Trinajstić information content (AvgIpc) is 2.40. The molecule has 0 atom stereocenters. The van der Waals surface area contributed by atoms with Gasteiger partial charge in [-0.25, -0.2) is 0 Å². The third kappa shape index (κ3) is 8.74. The number of nitrogens with zero attached hydrogens (tertiary/aromatic N) is 2. The van der Waals surface area contributed by atoms with Crippen LogP contribution in [0.15, 0.2) is 45.9 Å². The number of aryl methyl sites for hydroxylation is 2. The highest BCUT2D eigenvalue weighted by atomic mass is 79.9. The van der Waals surface area contributed by atoms with Gasteiger partial charge in [0, 0.05) is 33.0 Å². The van der Waals surface area contributed by atoms with E-state index in [0.29, 0.717) is 0 Å². The molecule has 2 rings (SSSR count). The second kappa shape index (κ2) is 11.3. The maximum atomic E-state index is 10.5. The molecule has 0 spiro atoms. The summed E-state index contributed by atoms with van der Waals surface area (Å²) in [5.74, 6) is 0. The minimum Gasteiger partial charge on any atom is -0.619 e. The van der Waals surface area contributed by atoms with Crippen LogP contribution in [-0.4, -0.2) is 10.3 Å². The van der Waals surface area contributed by atoms with E-state index in [-0.39, 0.29) is 5.34 Å². The summed E-state index contributed by atoms with van der Waals surface area (Å²) in [7, 11) is 0. The highest BCUT2D eigenvalue weighted by Gasteiger charge is 1.95. The Hall–Kier alpha value is -0.360. The second-order valence-corrected chi connectivity index (χ2v) is 6.08. The van der Waals surface area contributed by atoms with Crippen LogP contribution in [-0.2, 0) is 0 Å². The average molecular weight is 445 g/mol. The van der Waals surface area contributed by atoms with E-state index in [0.717, 1.165) is 19.2 Å². The molecule has 0 unspecified atom stereocenters. The lowest BCUT2D eigenvalue weighted by molar-refractivity contribution is -0.605. The minimum atomic E-state index is 0.194. The highest BCUT2D eigenvalue weighted by Crippen LogP contribution is 2.11. The Bertz CT molecular complexity index is 506. The van der Waals surface area contributed by atoms with Crippen molar-refractivity contribution in [2.45, 2.75) is 13.8 Å². The first-order chi connectivity index (χ1) is 9.42. The van der Waals surface area contributed by atoms with Gasteiger partial charge in [0.2, 0.25) is 0 Å². The van der Waals surface area contributed by atoms with Crippen molar-refractivity contribution in [1.82, 2.24) is 4.98 Å². The number of hydrogen-bond donors (Lipinski definition) is 0. The monoisotopic (exact) mass is 442 g/mol. The summed E-state index contributed by atoms with van der Waals surface area (Å²) in [6, 6.07) is 3.65. The number of alkyl halides is 2. The van der Waals surface area contributed by atoms with Crippen molar-refractivity contribution < 1.29 is 4.73 Å². The molecule has 0 aromatic carbocycles. The van der Waals surface area contributed by atoms with Gasteiger partial charge < -0.3 is 5.21 Å². The summed E-state index contributed by atoms with van der Waals surface area (Å²) in [4.78, 5) is 3.92. The van der Waals surface area contributed by atoms with Crippen molar-refractivity contribution in [2.75, 3.05) is 5.34 Å². The molecule has 0 saturated heterocycles. The largest absolute Gasteiger partial charge is 0.619 e. The quantitative estimate of drug-likeness (QED) is 0.327. The molecule has 0 bridgehead atoms. The maximum Gasteiger partial charge on any atom is 0.184 e. The molecule has 0 fully saturated rings. The van der Waals surface area contributed by atoms with Crippen LogP contribution in [0.1, 0.15) is 11.1 Å². The fourth-order valence-corrected chi connectivity index (χ4v) is 1.46. The number of pyridine rings is 2. The molecule has 0 N–H and O–H groups in total. The molecule has 2 heterocycles. The summed E-state index contributed by atoms with van der Waals surface area (Å²) in [5, 5.41) is 10.7. The lowest BCUT2D eigenvalue weighted by Crippen LogP contribution is -2.24. The molecule has 20 heavy (non-hydrogen) atoms. The normalized spacial score (nSPS) is 8.90. The predicted molar refractivity (Wildman–Crippen MR) is 91.1 cm³/mol. The van der Waals surface area contributed by atoms with Crippen LogP contribution >= 0.6 is 55.1 Å². The van der Waals surface area contributed by atoms with Gasteiger partial charge >= 0.3 is 0 Å². The molecule has 0 amide bonds. The number of halogens is 4. The molecular weight excluding hydrogens is 431 g/mol. The first kappa shape index (κ1) is 19.6. The number of hydrogen-bond acceptors (Lipinski definition) is 2. The number of rotatable bonds is 0. The van der Waals surface area contributed by atoms with Crippen LogP contribution in [0, 0.1) is 19.1 Å². The van der Waals surface area contributed by atoms with Gasteiger partial charge in [0.15, 0.2) is 12.4 Å². The molecule has 2 aromatic rings. The zero-order chi connectivity index (χ0) is 15.5. The Balaban J connectivity index is 0.000000304. The standard InChI is InChI=1S/C6H6BrNO.C6H6BrN.CH2Cl2/c1-5-4-8(9)3-2-6(5)7;1-5-4-8-3-2-6(5)7;2-1-3/h2-4H,1H3;2-4H,1H3;1H2. The van der Waals surface area contributed by atoms with E-state index in [9.17, 15) is 5.21 Å². The second-order valence-electron chi connectivity index (χ2n) is 3.56. The van der Waals surface area contributed by atoms with Gasteiger partial charge in [-0.2, -0.15) is 4.73 Å². The van der Waals surface area contributed by atoms with E-state index in [4.69, 9.17) is 23.2 Å². The summed E-state index contributed by atoms with van der Waals surface area (Å²) in [5.41, 5.74) is 2.12. The molecule has 0 saturated carbocycles. The Labute approximate surface area is 145 Å². The van der Waals surface area contributed by atoms with Crippen LogP contribution in [0.3, 0.4) is 0 Å². The molecular formula is C13H14Br2Cl2N2O. The lowest BCUT2D eigenvalue weighted by Gasteiger charge is -1.96. The van der Waals surface area contributed by atoms with Gasteiger partial charge in [-0.1, -0.05) is 31.9 Å². The summed E-state index contributed by atoms with van der Waals surface area (Å²) in [6.45, 7) is 3.88. The topological polar surface area (TPSA) is 39.8 Å². The van der Waals surface area contributed by atoms with Crippen LogP contribution in [0.5, 0.6) is 0 Å². The van der Waals surface area contributed by atoms with Gasteiger partial charge in [0.05, 0.1) is 5.34 Å². The molecule has 110 valence electrons. The Morgan fingerprint density at radius 2 is 1.70 bits per heavy atom. The van der Waals surface area contributed by atoms with Crippen molar-refractivity contribution >= 4 is 55.1 Å². The van der Waals surface area contributed by atoms with Crippen LogP contribution in [0.2, 0.25) is 0 Å². The Kier molecular flexibility index (Phi) is 11.1. The fourth-order valence-electron chi connectivity index (χ4n) is 1.02. The lowest BCUT2D eigenvalue weighted by atomic mass is 10.3. The SMILES string of the molecule is Cc1c[n+]([O-])ccc1Br.Cc1cnccc1Br.ClCCl. The van der Waals surface area contributed by atoms with Crippen LogP contribution in [0.4, 0.5) is 0 Å². The van der Waals surface area contributed by atoms with Gasteiger partial charge in [0.1, 0.15) is 0 Å². The molecule has 0 radical (unpaired) electrons. The van der Waals surface area contributed by atoms with Crippen molar-refractivity contribution in [3.05, 3.63) is 62.2 Å². The Morgan fingerprint density at radius 3 is 2.05 bits per heavy atom. The van der Waals surface area contributed by atoms with Crippen molar-refractivity contribution in [1.29, 1.82) is 0 Å². The molecule has 0 aliphatic heterocycles. The van der Waals surface area contributed by atoms with Gasteiger partial charge in [0.25, 0.3) is 0 Å². The Morgan fingerprint density at radius 1 is 1.15 bits per heavy atom. The van der Waals surface area contributed by atoms with Crippen molar-refractivity contribution in [3.8, 4) is 0 Å². The molecule has 0 aliphatic carbocycles. The minimum absolute atomic E-state index is 0.194. The van der Waals surface area contributed by atoms with Crippen LogP contribution in [0.25, 0.3) is 0 Å². The molecule has 3 nitrogen and oxygen atoms in total. The fraction of sp³-hybridized carbons (Fsp3) is 0.231. The zero-order valence-electron chi connectivity index (χ0n) is 11.0. The van der Waals surface area contributed by atoms with Gasteiger partial charge in [-0.05, 0) is 25.5 Å². The van der Waals surface area contributed by atoms with Crippen molar-refractivity contribution in [2.24, 2.45) is 0 Å².